The average Bonchev–Trinajstić information content (AvgIpc) is 4.05. The summed E-state index contributed by atoms with van der Waals surface area (Å²) in [5, 5.41) is 0. The monoisotopic (exact) mass is 902 g/mol. The molecule has 2 atom stereocenters. The predicted octanol–water partition coefficient (Wildman–Crippen LogP) is 17.3. The predicted molar refractivity (Wildman–Crippen MR) is 250 cm³/mol. The molecule has 3 aromatic heterocycles. The van der Waals surface area contributed by atoms with Gasteiger partial charge in [0.15, 0.2) is 0 Å². The molecular weight excluding hydrogens is 843 g/mol. The van der Waals surface area contributed by atoms with Gasteiger partial charge in [-0.2, -0.15) is 35.1 Å². The van der Waals surface area contributed by atoms with E-state index >= 15 is 0 Å². The standard InChI is InChI=1S/C44H48F6N4S3.2C2H6/c1-5-9-11-25(7-3)21-27-13-15-29(23-31(27)43(45,46)47)33-17-19-35(55-33)37-39(51)40(52)38(42-41(37)53-57-54-42)36-20-18-34(56-36)30-16-14-28(32(24-30)44(48,49)50)22-26(8-4)12-10-6-2;2*1-2/h13-20,23-26H,5-12,21-22,51-52H2,1-4H3;2*1-2H3. The van der Waals surface area contributed by atoms with E-state index < -0.39 is 23.5 Å². The lowest BCUT2D eigenvalue weighted by Crippen LogP contribution is -2.13. The highest BCUT2D eigenvalue weighted by Crippen LogP contribution is 2.50. The first kappa shape index (κ1) is 49.7. The molecule has 0 aliphatic rings. The summed E-state index contributed by atoms with van der Waals surface area (Å²) in [6.07, 6.45) is -0.838. The molecule has 13 heteroatoms. The van der Waals surface area contributed by atoms with Crippen LogP contribution < -0.4 is 11.5 Å². The highest BCUT2D eigenvalue weighted by atomic mass is 32.1. The van der Waals surface area contributed by atoms with Gasteiger partial charge in [0, 0.05) is 30.6 Å². The zero-order chi connectivity index (χ0) is 45.1. The van der Waals surface area contributed by atoms with Crippen molar-refractivity contribution in [1.29, 1.82) is 0 Å². The molecule has 0 bridgehead atoms. The second kappa shape index (κ2) is 22.4. The molecule has 61 heavy (non-hydrogen) atoms. The van der Waals surface area contributed by atoms with Crippen molar-refractivity contribution >= 4 is 56.8 Å². The van der Waals surface area contributed by atoms with Crippen LogP contribution in [-0.4, -0.2) is 8.75 Å². The number of hydrogen-bond acceptors (Lipinski definition) is 7. The van der Waals surface area contributed by atoms with Gasteiger partial charge in [-0.15, -0.1) is 22.7 Å². The lowest BCUT2D eigenvalue weighted by Gasteiger charge is -2.19. The Hall–Kier alpha value is -3.94. The maximum atomic E-state index is 14.4. The van der Waals surface area contributed by atoms with Gasteiger partial charge in [-0.05, 0) is 83.3 Å². The molecule has 6 rings (SSSR count). The van der Waals surface area contributed by atoms with Crippen LogP contribution in [-0.2, 0) is 25.2 Å². The highest BCUT2D eigenvalue weighted by molar-refractivity contribution is 7.19. The smallest absolute Gasteiger partial charge is 0.396 e. The van der Waals surface area contributed by atoms with E-state index in [4.69, 9.17) is 11.5 Å². The number of halogens is 6. The minimum atomic E-state index is -4.50. The summed E-state index contributed by atoms with van der Waals surface area (Å²) in [6.45, 7) is 16.2. The molecule has 0 fully saturated rings. The largest absolute Gasteiger partial charge is 0.416 e. The number of nitrogens with zero attached hydrogens (tertiary/aromatic N) is 2. The van der Waals surface area contributed by atoms with Crippen molar-refractivity contribution in [3.63, 3.8) is 0 Å². The molecule has 3 heterocycles. The summed E-state index contributed by atoms with van der Waals surface area (Å²) in [5.41, 5.74) is 16.4. The molecule has 0 saturated carbocycles. The molecule has 0 spiro atoms. The van der Waals surface area contributed by atoms with Gasteiger partial charge in [-0.1, -0.05) is 131 Å². The first-order valence-electron chi connectivity index (χ1n) is 21.6. The first-order valence-corrected chi connectivity index (χ1v) is 24.0. The number of hydrogen-bond donors (Lipinski definition) is 2. The molecule has 4 N–H and O–H groups in total. The van der Waals surface area contributed by atoms with Crippen molar-refractivity contribution in [2.45, 2.75) is 132 Å². The zero-order valence-corrected chi connectivity index (χ0v) is 39.0. The molecule has 2 unspecified atom stereocenters. The number of unbranched alkanes of at least 4 members (excludes halogenated alkanes) is 2. The molecule has 3 aromatic carbocycles. The fourth-order valence-corrected chi connectivity index (χ4v) is 10.3. The number of fused-ring (bicyclic) bond motifs is 1. The van der Waals surface area contributed by atoms with Crippen LogP contribution in [0.1, 0.15) is 129 Å². The van der Waals surface area contributed by atoms with Crippen molar-refractivity contribution in [2.75, 3.05) is 11.5 Å². The van der Waals surface area contributed by atoms with Crippen molar-refractivity contribution in [3.8, 4) is 41.8 Å². The van der Waals surface area contributed by atoms with Gasteiger partial charge in [0.25, 0.3) is 0 Å². The van der Waals surface area contributed by atoms with E-state index in [-0.39, 0.29) is 23.2 Å². The minimum absolute atomic E-state index is 0.184. The summed E-state index contributed by atoms with van der Waals surface area (Å²) < 4.78 is 95.6. The normalized spacial score (nSPS) is 12.8. The maximum Gasteiger partial charge on any atom is 0.416 e. The van der Waals surface area contributed by atoms with Crippen molar-refractivity contribution in [2.24, 2.45) is 11.8 Å². The zero-order valence-electron chi connectivity index (χ0n) is 36.5. The van der Waals surface area contributed by atoms with Crippen LogP contribution in [0.4, 0.5) is 37.7 Å². The summed E-state index contributed by atoms with van der Waals surface area (Å²) in [4.78, 5) is 2.62. The lowest BCUT2D eigenvalue weighted by molar-refractivity contribution is -0.139. The Labute approximate surface area is 370 Å². The molecule has 6 aromatic rings. The van der Waals surface area contributed by atoms with Gasteiger partial charge in [0.1, 0.15) is 11.0 Å². The second-order valence-corrected chi connectivity index (χ2v) is 17.5. The van der Waals surface area contributed by atoms with E-state index in [9.17, 15) is 26.3 Å². The number of alkyl halides is 6. The van der Waals surface area contributed by atoms with Crippen LogP contribution in [0.15, 0.2) is 60.7 Å². The Morgan fingerprint density at radius 2 is 0.902 bits per heavy atom. The number of thiophene rings is 2. The molecule has 332 valence electrons. The fourth-order valence-electron chi connectivity index (χ4n) is 7.65. The Morgan fingerprint density at radius 1 is 0.541 bits per heavy atom. The van der Waals surface area contributed by atoms with Crippen LogP contribution in [0, 0.1) is 11.8 Å². The molecule has 0 aliphatic carbocycles. The average molecular weight is 903 g/mol. The Kier molecular flexibility index (Phi) is 18.3. The summed E-state index contributed by atoms with van der Waals surface area (Å²) in [6, 6.07) is 16.4. The van der Waals surface area contributed by atoms with Crippen LogP contribution >= 0.6 is 34.4 Å². The molecule has 0 radical (unpaired) electrons. The second-order valence-electron chi connectivity index (χ2n) is 14.8. The minimum Gasteiger partial charge on any atom is -0.396 e. The first-order chi connectivity index (χ1) is 29.2. The molecule has 0 aliphatic heterocycles. The number of rotatable bonds is 16. The molecule has 4 nitrogen and oxygen atoms in total. The quantitative estimate of drug-likeness (QED) is 0.0749. The topological polar surface area (TPSA) is 77.8 Å². The highest BCUT2D eigenvalue weighted by Gasteiger charge is 2.35. The van der Waals surface area contributed by atoms with E-state index in [1.165, 1.54) is 34.8 Å². The van der Waals surface area contributed by atoms with Gasteiger partial charge in [-0.25, -0.2) is 0 Å². The summed E-state index contributed by atoms with van der Waals surface area (Å²) in [5.74, 6) is 0.369. The summed E-state index contributed by atoms with van der Waals surface area (Å²) >= 11 is 3.57. The van der Waals surface area contributed by atoms with Crippen LogP contribution in [0.25, 0.3) is 52.8 Å². The number of nitrogens with two attached hydrogens (primary N) is 2. The van der Waals surface area contributed by atoms with Crippen molar-refractivity contribution < 1.29 is 26.3 Å². The Balaban J connectivity index is 0.00000199. The third-order valence-corrected chi connectivity index (χ3v) is 13.8. The van der Waals surface area contributed by atoms with E-state index in [1.807, 2.05) is 41.5 Å². The lowest BCUT2D eigenvalue weighted by atomic mass is 9.89. The summed E-state index contributed by atoms with van der Waals surface area (Å²) in [7, 11) is 0. The van der Waals surface area contributed by atoms with Gasteiger partial charge in [0.05, 0.1) is 34.2 Å². The number of aromatic nitrogens is 2. The van der Waals surface area contributed by atoms with E-state index in [2.05, 4.69) is 22.6 Å². The van der Waals surface area contributed by atoms with Gasteiger partial charge < -0.3 is 11.5 Å². The number of anilines is 2. The van der Waals surface area contributed by atoms with Gasteiger partial charge in [0.2, 0.25) is 0 Å². The fraction of sp³-hybridized carbons (Fsp3) is 0.458. The van der Waals surface area contributed by atoms with E-state index in [0.29, 0.717) is 76.8 Å². The molecule has 0 amide bonds. The van der Waals surface area contributed by atoms with Crippen LogP contribution in [0.2, 0.25) is 0 Å². The molecule has 0 saturated heterocycles. The van der Waals surface area contributed by atoms with Crippen LogP contribution in [0.5, 0.6) is 0 Å². The Morgan fingerprint density at radius 3 is 1.23 bits per heavy atom. The molecular formula is C48H60F6N4S3. The Bertz CT molecular complexity index is 2150. The number of nitrogen functional groups attached to an aromatic ring is 2. The van der Waals surface area contributed by atoms with Gasteiger partial charge >= 0.3 is 12.4 Å². The maximum absolute atomic E-state index is 14.4. The SMILES string of the molecule is CC.CC.CCCCC(CC)Cc1ccc(-c2ccc(-c3c(N)c(N)c(-c4ccc(-c5ccc(CC(CC)CCCC)c(C(F)(F)F)c5)s4)c4nsnc34)s2)cc1C(F)(F)F. The van der Waals surface area contributed by atoms with Gasteiger partial charge in [-0.3, -0.25) is 0 Å². The van der Waals surface area contributed by atoms with E-state index in [0.717, 1.165) is 63.1 Å². The van der Waals surface area contributed by atoms with Crippen molar-refractivity contribution in [1.82, 2.24) is 8.75 Å². The number of benzene rings is 3. The van der Waals surface area contributed by atoms with Crippen LogP contribution in [0.3, 0.4) is 0 Å². The van der Waals surface area contributed by atoms with Crippen molar-refractivity contribution in [3.05, 3.63) is 82.9 Å². The third kappa shape index (κ3) is 11.8. The van der Waals surface area contributed by atoms with E-state index in [1.54, 1.807) is 48.5 Å². The third-order valence-electron chi connectivity index (χ3n) is 11.0.